The third-order valence-corrected chi connectivity index (χ3v) is 2.17. The summed E-state index contributed by atoms with van der Waals surface area (Å²) in [5.41, 5.74) is 9.05. The van der Waals surface area contributed by atoms with Gasteiger partial charge in [0.05, 0.1) is 13.2 Å². The van der Waals surface area contributed by atoms with Gasteiger partial charge >= 0.3 is 0 Å². The first-order valence-electron chi connectivity index (χ1n) is 5.22. The number of rotatable bonds is 6. The summed E-state index contributed by atoms with van der Waals surface area (Å²) in [7, 11) is 0. The topological polar surface area (TPSA) is 35.2 Å². The Balaban J connectivity index is 2.33. The van der Waals surface area contributed by atoms with Gasteiger partial charge in [0.15, 0.2) is 0 Å². The number of nitrogens with two attached hydrogens (primary N) is 1. The molecular weight excluding hydrogens is 186 g/mol. The second kappa shape index (κ2) is 6.38. The minimum absolute atomic E-state index is 0.583. The van der Waals surface area contributed by atoms with Gasteiger partial charge in [0, 0.05) is 6.54 Å². The van der Waals surface area contributed by atoms with Crippen LogP contribution >= 0.6 is 0 Å². The molecular formula is C13H19NO. The molecule has 1 rings (SSSR count). The number of hydrogen-bond donors (Lipinski definition) is 1. The van der Waals surface area contributed by atoms with Crippen LogP contribution in [0.3, 0.4) is 0 Å². The summed E-state index contributed by atoms with van der Waals surface area (Å²) in [6, 6.07) is 8.18. The lowest BCUT2D eigenvalue weighted by atomic mass is 10.1. The Labute approximate surface area is 91.7 Å². The lowest BCUT2D eigenvalue weighted by Gasteiger charge is -2.05. The second-order valence-corrected chi connectivity index (χ2v) is 3.78. The highest BCUT2D eigenvalue weighted by atomic mass is 16.5. The van der Waals surface area contributed by atoms with Crippen LogP contribution in [0.5, 0.6) is 0 Å². The van der Waals surface area contributed by atoms with Gasteiger partial charge in [0.2, 0.25) is 0 Å². The van der Waals surface area contributed by atoms with Crippen LogP contribution in [0.15, 0.2) is 36.4 Å². The van der Waals surface area contributed by atoms with E-state index in [-0.39, 0.29) is 0 Å². The lowest BCUT2D eigenvalue weighted by molar-refractivity contribution is 0.124. The first-order chi connectivity index (χ1) is 7.22. The van der Waals surface area contributed by atoms with Crippen LogP contribution in [0.4, 0.5) is 0 Å². The molecule has 82 valence electrons. The van der Waals surface area contributed by atoms with Crippen molar-refractivity contribution in [1.82, 2.24) is 0 Å². The van der Waals surface area contributed by atoms with Gasteiger partial charge in [-0.15, -0.1) is 6.58 Å². The molecule has 0 unspecified atom stereocenters. The third kappa shape index (κ3) is 4.77. The van der Waals surface area contributed by atoms with E-state index >= 15 is 0 Å². The summed E-state index contributed by atoms with van der Waals surface area (Å²) in [5, 5.41) is 0. The van der Waals surface area contributed by atoms with Crippen LogP contribution in [-0.4, -0.2) is 6.61 Å². The molecule has 0 saturated heterocycles. The van der Waals surface area contributed by atoms with Crippen molar-refractivity contribution in [3.63, 3.8) is 0 Å². The molecule has 0 amide bonds. The highest BCUT2D eigenvalue weighted by Crippen LogP contribution is 2.06. The molecule has 0 spiro atoms. The molecule has 0 aliphatic carbocycles. The van der Waals surface area contributed by atoms with E-state index in [4.69, 9.17) is 10.5 Å². The smallest absolute Gasteiger partial charge is 0.0717 e. The summed E-state index contributed by atoms with van der Waals surface area (Å²) in [6.07, 6.45) is 0.927. The van der Waals surface area contributed by atoms with E-state index in [1.807, 2.05) is 19.1 Å². The fraction of sp³-hybridized carbons (Fsp3) is 0.385. The molecule has 0 bridgehead atoms. The molecule has 0 fully saturated rings. The van der Waals surface area contributed by atoms with E-state index < -0.39 is 0 Å². The standard InChI is InChI=1S/C13H19NO/c1-11(2)6-7-15-10-13-5-3-4-12(8-13)9-14/h3-5,8H,1,6-7,9-10,14H2,2H3. The average Bonchev–Trinajstić information content (AvgIpc) is 2.24. The van der Waals surface area contributed by atoms with Gasteiger partial charge in [-0.1, -0.05) is 29.8 Å². The van der Waals surface area contributed by atoms with E-state index in [1.165, 1.54) is 5.56 Å². The second-order valence-electron chi connectivity index (χ2n) is 3.78. The molecule has 0 saturated carbocycles. The number of ether oxygens (including phenoxy) is 1. The van der Waals surface area contributed by atoms with Crippen LogP contribution in [0.1, 0.15) is 24.5 Å². The van der Waals surface area contributed by atoms with Crippen LogP contribution < -0.4 is 5.73 Å². The minimum atomic E-state index is 0.583. The molecule has 0 aliphatic heterocycles. The van der Waals surface area contributed by atoms with Gasteiger partial charge in [0.1, 0.15) is 0 Å². The van der Waals surface area contributed by atoms with Gasteiger partial charge in [-0.2, -0.15) is 0 Å². The van der Waals surface area contributed by atoms with Gasteiger partial charge < -0.3 is 10.5 Å². The highest BCUT2D eigenvalue weighted by molar-refractivity contribution is 5.22. The van der Waals surface area contributed by atoms with Crippen molar-refractivity contribution in [2.24, 2.45) is 5.73 Å². The van der Waals surface area contributed by atoms with E-state index in [0.717, 1.165) is 24.2 Å². The predicted molar refractivity (Wildman–Crippen MR) is 63.4 cm³/mol. The van der Waals surface area contributed by atoms with Crippen molar-refractivity contribution in [2.75, 3.05) is 6.61 Å². The van der Waals surface area contributed by atoms with Crippen LogP contribution in [0.25, 0.3) is 0 Å². The van der Waals surface area contributed by atoms with Crippen LogP contribution in [0.2, 0.25) is 0 Å². The van der Waals surface area contributed by atoms with Crippen molar-refractivity contribution < 1.29 is 4.74 Å². The Bertz CT molecular complexity index is 320. The van der Waals surface area contributed by atoms with Gasteiger partial charge in [-0.25, -0.2) is 0 Å². The molecule has 1 aromatic rings. The summed E-state index contributed by atoms with van der Waals surface area (Å²) in [5.74, 6) is 0. The molecule has 0 aromatic heterocycles. The van der Waals surface area contributed by atoms with E-state index in [0.29, 0.717) is 13.2 Å². The normalized spacial score (nSPS) is 10.3. The first kappa shape index (κ1) is 12.0. The summed E-state index contributed by atoms with van der Waals surface area (Å²) in [4.78, 5) is 0. The molecule has 2 N–H and O–H groups in total. The zero-order chi connectivity index (χ0) is 11.1. The fourth-order valence-corrected chi connectivity index (χ4v) is 1.28. The molecule has 2 heteroatoms. The molecule has 0 atom stereocenters. The Hall–Kier alpha value is -1.12. The van der Waals surface area contributed by atoms with Crippen molar-refractivity contribution in [1.29, 1.82) is 0 Å². The predicted octanol–water partition coefficient (Wildman–Crippen LogP) is 2.63. The van der Waals surface area contributed by atoms with Crippen molar-refractivity contribution >= 4 is 0 Å². The summed E-state index contributed by atoms with van der Waals surface area (Å²) >= 11 is 0. The van der Waals surface area contributed by atoms with E-state index in [2.05, 4.69) is 18.7 Å². The SMILES string of the molecule is C=C(C)CCOCc1cccc(CN)c1. The zero-order valence-electron chi connectivity index (χ0n) is 9.33. The van der Waals surface area contributed by atoms with Gasteiger partial charge in [-0.3, -0.25) is 0 Å². The molecule has 2 nitrogen and oxygen atoms in total. The molecule has 0 heterocycles. The van der Waals surface area contributed by atoms with Gasteiger partial charge in [-0.05, 0) is 24.5 Å². The third-order valence-electron chi connectivity index (χ3n) is 2.17. The van der Waals surface area contributed by atoms with Crippen molar-refractivity contribution in [2.45, 2.75) is 26.5 Å². The number of benzene rings is 1. The Morgan fingerprint density at radius 2 is 2.13 bits per heavy atom. The summed E-state index contributed by atoms with van der Waals surface area (Å²) in [6.45, 7) is 7.82. The van der Waals surface area contributed by atoms with Crippen molar-refractivity contribution in [3.8, 4) is 0 Å². The maximum absolute atomic E-state index is 5.56. The minimum Gasteiger partial charge on any atom is -0.376 e. The molecule has 15 heavy (non-hydrogen) atoms. The summed E-state index contributed by atoms with van der Waals surface area (Å²) < 4.78 is 5.53. The molecule has 0 radical (unpaired) electrons. The van der Waals surface area contributed by atoms with E-state index in [9.17, 15) is 0 Å². The largest absolute Gasteiger partial charge is 0.376 e. The quantitative estimate of drug-likeness (QED) is 0.572. The fourth-order valence-electron chi connectivity index (χ4n) is 1.28. The first-order valence-corrected chi connectivity index (χ1v) is 5.22. The van der Waals surface area contributed by atoms with Crippen LogP contribution in [-0.2, 0) is 17.9 Å². The Morgan fingerprint density at radius 1 is 1.40 bits per heavy atom. The maximum Gasteiger partial charge on any atom is 0.0717 e. The highest BCUT2D eigenvalue weighted by Gasteiger charge is 1.95. The monoisotopic (exact) mass is 205 g/mol. The van der Waals surface area contributed by atoms with Gasteiger partial charge in [0.25, 0.3) is 0 Å². The maximum atomic E-state index is 5.56. The molecule has 0 aliphatic rings. The lowest BCUT2D eigenvalue weighted by Crippen LogP contribution is -1.99. The zero-order valence-corrected chi connectivity index (χ0v) is 9.33. The van der Waals surface area contributed by atoms with Crippen molar-refractivity contribution in [3.05, 3.63) is 47.5 Å². The van der Waals surface area contributed by atoms with E-state index in [1.54, 1.807) is 0 Å². The van der Waals surface area contributed by atoms with Crippen LogP contribution in [0, 0.1) is 0 Å². The average molecular weight is 205 g/mol. The Kier molecular flexibility index (Phi) is 5.08. The number of hydrogen-bond acceptors (Lipinski definition) is 2. The Morgan fingerprint density at radius 3 is 2.80 bits per heavy atom. The molecule has 1 aromatic carbocycles.